The molecule has 0 fully saturated rings. The highest BCUT2D eigenvalue weighted by molar-refractivity contribution is 6.45. The number of carbonyl (C=O) groups is 1. The molecule has 0 atom stereocenters. The molecule has 2 rings (SSSR count). The second-order valence-electron chi connectivity index (χ2n) is 6.12. The third-order valence-corrected chi connectivity index (χ3v) is 4.03. The normalized spacial score (nSPS) is 12.5. The highest BCUT2D eigenvalue weighted by Crippen LogP contribution is 2.29. The van der Waals surface area contributed by atoms with Crippen molar-refractivity contribution in [3.05, 3.63) is 70.8 Å². The van der Waals surface area contributed by atoms with E-state index >= 15 is 0 Å². The van der Waals surface area contributed by atoms with Crippen LogP contribution in [0, 0.1) is 0 Å². The molecule has 0 saturated carbocycles. The van der Waals surface area contributed by atoms with Gasteiger partial charge in [0.15, 0.2) is 5.71 Å². The first kappa shape index (κ1) is 22.9. The quantitative estimate of drug-likeness (QED) is 0.515. The number of carbonyl (C=O) groups excluding carboxylic acids is 1. The molecule has 0 radical (unpaired) electrons. The minimum Gasteiger partial charge on any atom is -0.395 e. The van der Waals surface area contributed by atoms with Crippen LogP contribution in [0.5, 0.6) is 0 Å². The van der Waals surface area contributed by atoms with Crippen molar-refractivity contribution in [2.45, 2.75) is 26.6 Å². The molecule has 0 aliphatic carbocycles. The number of oxime groups is 2. The molecule has 2 aromatic carbocycles. The maximum Gasteiger partial charge on any atom is 0.416 e. The first-order chi connectivity index (χ1) is 14.3. The summed E-state index contributed by atoms with van der Waals surface area (Å²) in [5, 5.41) is 10.3. The van der Waals surface area contributed by atoms with E-state index in [1.165, 1.54) is 19.2 Å². The van der Waals surface area contributed by atoms with Crippen LogP contribution in [0.3, 0.4) is 0 Å². The van der Waals surface area contributed by atoms with E-state index in [1.807, 2.05) is 0 Å². The lowest BCUT2D eigenvalue weighted by molar-refractivity contribution is -0.137. The topological polar surface area (TPSA) is 72.3 Å². The average molecular weight is 421 g/mol. The van der Waals surface area contributed by atoms with Gasteiger partial charge in [0, 0.05) is 18.2 Å². The Bertz CT molecular complexity index is 940. The van der Waals surface area contributed by atoms with Crippen molar-refractivity contribution in [1.29, 1.82) is 0 Å². The summed E-state index contributed by atoms with van der Waals surface area (Å²) >= 11 is 0. The van der Waals surface area contributed by atoms with Crippen molar-refractivity contribution < 1.29 is 27.6 Å². The number of nitrogens with zero attached hydrogens (tertiary/aromatic N) is 2. The molecule has 0 heterocycles. The zero-order valence-electron chi connectivity index (χ0n) is 16.8. The molecule has 1 N–H and O–H groups in total. The fourth-order valence-corrected chi connectivity index (χ4v) is 2.51. The van der Waals surface area contributed by atoms with Crippen LogP contribution in [0.1, 0.15) is 36.1 Å². The summed E-state index contributed by atoms with van der Waals surface area (Å²) in [6.07, 6.45) is -4.44. The van der Waals surface area contributed by atoms with E-state index in [0.29, 0.717) is 23.3 Å². The van der Waals surface area contributed by atoms with Gasteiger partial charge in [-0.1, -0.05) is 46.7 Å². The lowest BCUT2D eigenvalue weighted by Crippen LogP contribution is -2.29. The number of amides is 1. The molecule has 1 amide bonds. The van der Waals surface area contributed by atoms with E-state index in [1.54, 1.807) is 38.1 Å². The molecule has 0 aliphatic rings. The number of nitrogens with one attached hydrogen (secondary N) is 1. The monoisotopic (exact) mass is 421 g/mol. The molecule has 30 heavy (non-hydrogen) atoms. The Kier molecular flexibility index (Phi) is 7.97. The molecule has 2 aromatic rings. The minimum absolute atomic E-state index is 0.0192. The maximum absolute atomic E-state index is 12.9. The van der Waals surface area contributed by atoms with Gasteiger partial charge in [0.1, 0.15) is 13.2 Å². The van der Waals surface area contributed by atoms with Gasteiger partial charge in [0.25, 0.3) is 5.91 Å². The van der Waals surface area contributed by atoms with Crippen molar-refractivity contribution in [2.75, 3.05) is 13.7 Å². The number of hydrogen-bond acceptors (Lipinski definition) is 5. The van der Waals surface area contributed by atoms with Crippen LogP contribution in [0.25, 0.3) is 0 Å². The number of hydrogen-bond donors (Lipinski definition) is 1. The van der Waals surface area contributed by atoms with Crippen LogP contribution in [0.2, 0.25) is 0 Å². The predicted octanol–water partition coefficient (Wildman–Crippen LogP) is 4.13. The van der Waals surface area contributed by atoms with Gasteiger partial charge in [-0.25, -0.2) is 0 Å². The Morgan fingerprint density at radius 3 is 2.47 bits per heavy atom. The smallest absolute Gasteiger partial charge is 0.395 e. The van der Waals surface area contributed by atoms with Gasteiger partial charge in [-0.05, 0) is 31.5 Å². The zero-order valence-corrected chi connectivity index (χ0v) is 16.8. The fourth-order valence-electron chi connectivity index (χ4n) is 2.51. The van der Waals surface area contributed by atoms with E-state index < -0.39 is 17.6 Å². The largest absolute Gasteiger partial charge is 0.416 e. The Balaban J connectivity index is 2.21. The highest BCUT2D eigenvalue weighted by atomic mass is 19.4. The highest BCUT2D eigenvalue weighted by Gasteiger charge is 2.30. The molecule has 160 valence electrons. The Labute approximate surface area is 172 Å². The third-order valence-electron chi connectivity index (χ3n) is 4.03. The minimum atomic E-state index is -4.44. The van der Waals surface area contributed by atoms with Gasteiger partial charge in [0.05, 0.1) is 11.3 Å². The fraction of sp³-hybridized carbons (Fsp3) is 0.286. The SMILES string of the molecule is CCON=C(C(=O)NC)c1ccccc1CON=C(C)c1cccc(C(F)(F)F)c1. The van der Waals surface area contributed by atoms with Gasteiger partial charge < -0.3 is 15.0 Å². The van der Waals surface area contributed by atoms with Crippen LogP contribution in [0.15, 0.2) is 58.8 Å². The summed E-state index contributed by atoms with van der Waals surface area (Å²) in [4.78, 5) is 22.6. The molecule has 9 heteroatoms. The second kappa shape index (κ2) is 10.4. The molecule has 0 aliphatic heterocycles. The van der Waals surface area contributed by atoms with Crippen molar-refractivity contribution in [2.24, 2.45) is 10.3 Å². The summed E-state index contributed by atoms with van der Waals surface area (Å²) in [5.74, 6) is -0.431. The predicted molar refractivity (Wildman–Crippen MR) is 107 cm³/mol. The molecule has 6 nitrogen and oxygen atoms in total. The van der Waals surface area contributed by atoms with Gasteiger partial charge in [-0.3, -0.25) is 4.79 Å². The Morgan fingerprint density at radius 1 is 1.07 bits per heavy atom. The molecule has 0 saturated heterocycles. The molecule has 0 aromatic heterocycles. The van der Waals surface area contributed by atoms with Gasteiger partial charge in [0.2, 0.25) is 0 Å². The van der Waals surface area contributed by atoms with Crippen molar-refractivity contribution >= 4 is 17.3 Å². The Hall–Kier alpha value is -3.36. The van der Waals surface area contributed by atoms with E-state index in [0.717, 1.165) is 12.1 Å². The summed E-state index contributed by atoms with van der Waals surface area (Å²) in [6, 6.07) is 11.7. The van der Waals surface area contributed by atoms with Crippen molar-refractivity contribution in [1.82, 2.24) is 5.32 Å². The molecule has 0 spiro atoms. The van der Waals surface area contributed by atoms with Crippen LogP contribution >= 0.6 is 0 Å². The first-order valence-electron chi connectivity index (χ1n) is 9.12. The number of benzene rings is 2. The van der Waals surface area contributed by atoms with Crippen molar-refractivity contribution in [3.63, 3.8) is 0 Å². The molecular formula is C21H22F3N3O3. The standard InChI is InChI=1S/C21H22F3N3O3/c1-4-29-27-19(20(28)25-3)18-11-6-5-8-16(18)13-30-26-14(2)15-9-7-10-17(12-15)21(22,23)24/h5-12H,4,13H2,1-3H3,(H,25,28). The average Bonchev–Trinajstić information content (AvgIpc) is 2.74. The number of rotatable bonds is 8. The van der Waals surface area contributed by atoms with Gasteiger partial charge in [-0.15, -0.1) is 0 Å². The Morgan fingerprint density at radius 2 is 1.80 bits per heavy atom. The summed E-state index contributed by atoms with van der Waals surface area (Å²) in [5.41, 5.74) is 1.01. The lowest BCUT2D eigenvalue weighted by Gasteiger charge is -2.11. The van der Waals surface area contributed by atoms with E-state index in [2.05, 4.69) is 15.6 Å². The summed E-state index contributed by atoms with van der Waals surface area (Å²) < 4.78 is 38.6. The second-order valence-corrected chi connectivity index (χ2v) is 6.12. The first-order valence-corrected chi connectivity index (χ1v) is 9.12. The zero-order chi connectivity index (χ0) is 22.1. The summed E-state index contributed by atoms with van der Waals surface area (Å²) in [7, 11) is 1.48. The van der Waals surface area contributed by atoms with Gasteiger partial charge in [-0.2, -0.15) is 13.2 Å². The van der Waals surface area contributed by atoms with Crippen molar-refractivity contribution in [3.8, 4) is 0 Å². The van der Waals surface area contributed by atoms with E-state index in [9.17, 15) is 18.0 Å². The van der Waals surface area contributed by atoms with Crippen LogP contribution < -0.4 is 5.32 Å². The molecular weight excluding hydrogens is 399 g/mol. The summed E-state index contributed by atoms with van der Waals surface area (Å²) in [6.45, 7) is 3.56. The molecule has 0 unspecified atom stereocenters. The van der Waals surface area contributed by atoms with E-state index in [-0.39, 0.29) is 18.0 Å². The number of alkyl halides is 3. The lowest BCUT2D eigenvalue weighted by atomic mass is 10.0. The number of likely N-dealkylation sites (N-methyl/N-ethyl adjacent to an activating group) is 1. The maximum atomic E-state index is 12.9. The third kappa shape index (κ3) is 6.07. The van der Waals surface area contributed by atoms with E-state index in [4.69, 9.17) is 9.68 Å². The molecule has 0 bridgehead atoms. The van der Waals surface area contributed by atoms with Crippen LogP contribution in [0.4, 0.5) is 13.2 Å². The van der Waals surface area contributed by atoms with Crippen LogP contribution in [-0.2, 0) is 27.3 Å². The number of halogens is 3. The van der Waals surface area contributed by atoms with Crippen LogP contribution in [-0.4, -0.2) is 31.0 Å². The van der Waals surface area contributed by atoms with Gasteiger partial charge >= 0.3 is 6.18 Å².